The zero-order valence-corrected chi connectivity index (χ0v) is 12.9. The van der Waals surface area contributed by atoms with Crippen LogP contribution in [-0.2, 0) is 16.0 Å². The van der Waals surface area contributed by atoms with Crippen molar-refractivity contribution in [1.29, 1.82) is 0 Å². The summed E-state index contributed by atoms with van der Waals surface area (Å²) in [7, 11) is 0. The number of hydrogen-bond acceptors (Lipinski definition) is 3. The van der Waals surface area contributed by atoms with E-state index in [2.05, 4.69) is 4.99 Å². The standard InChI is InChI=1S/C17H22N2O2/c1-12-9-14-11-21-17(2,3)19(14)16(20)15(18-12)10-13-7-5-4-6-8-13/h4-8,14-15H,9-11H2,1-3H3/t14-,15+/m0/s1. The van der Waals surface area contributed by atoms with Crippen LogP contribution < -0.4 is 0 Å². The van der Waals surface area contributed by atoms with E-state index < -0.39 is 5.72 Å². The number of fused-ring (bicyclic) bond motifs is 1. The van der Waals surface area contributed by atoms with Gasteiger partial charge in [0, 0.05) is 18.6 Å². The predicted octanol–water partition coefficient (Wildman–Crippen LogP) is 2.43. The van der Waals surface area contributed by atoms with Crippen molar-refractivity contribution in [3.8, 4) is 0 Å². The Kier molecular flexibility index (Phi) is 3.57. The molecule has 2 atom stereocenters. The second-order valence-corrected chi connectivity index (χ2v) is 6.39. The number of benzene rings is 1. The third-order valence-electron chi connectivity index (χ3n) is 4.28. The maximum atomic E-state index is 12.9. The lowest BCUT2D eigenvalue weighted by atomic mass is 10.0. The average molecular weight is 286 g/mol. The Morgan fingerprint density at radius 1 is 1.33 bits per heavy atom. The Hall–Kier alpha value is -1.68. The van der Waals surface area contributed by atoms with E-state index in [9.17, 15) is 4.79 Å². The van der Waals surface area contributed by atoms with Crippen LogP contribution in [0.3, 0.4) is 0 Å². The number of rotatable bonds is 2. The summed E-state index contributed by atoms with van der Waals surface area (Å²) in [4.78, 5) is 19.5. The van der Waals surface area contributed by atoms with Crippen molar-refractivity contribution >= 4 is 11.6 Å². The maximum Gasteiger partial charge on any atom is 0.250 e. The number of nitrogens with zero attached hydrogens (tertiary/aromatic N) is 2. The molecule has 1 aromatic rings. The summed E-state index contributed by atoms with van der Waals surface area (Å²) in [6.45, 7) is 6.54. The van der Waals surface area contributed by atoms with Gasteiger partial charge in [-0.05, 0) is 26.3 Å². The molecule has 0 spiro atoms. The van der Waals surface area contributed by atoms with E-state index in [1.807, 2.05) is 56.0 Å². The zero-order chi connectivity index (χ0) is 15.0. The molecule has 3 rings (SSSR count). The van der Waals surface area contributed by atoms with Crippen molar-refractivity contribution < 1.29 is 9.53 Å². The van der Waals surface area contributed by atoms with E-state index in [1.165, 1.54) is 0 Å². The predicted molar refractivity (Wildman–Crippen MR) is 82.3 cm³/mol. The second-order valence-electron chi connectivity index (χ2n) is 6.39. The Labute approximate surface area is 125 Å². The van der Waals surface area contributed by atoms with Crippen LogP contribution in [0.1, 0.15) is 32.8 Å². The molecule has 1 saturated heterocycles. The third kappa shape index (κ3) is 2.72. The van der Waals surface area contributed by atoms with Crippen LogP contribution in [0.4, 0.5) is 0 Å². The average Bonchev–Trinajstić information content (AvgIpc) is 2.66. The number of carbonyl (C=O) groups is 1. The van der Waals surface area contributed by atoms with Gasteiger partial charge in [-0.25, -0.2) is 0 Å². The molecule has 112 valence electrons. The molecular weight excluding hydrogens is 264 g/mol. The summed E-state index contributed by atoms with van der Waals surface area (Å²) in [5, 5.41) is 0. The molecule has 21 heavy (non-hydrogen) atoms. The third-order valence-corrected chi connectivity index (χ3v) is 4.28. The van der Waals surface area contributed by atoms with E-state index in [-0.39, 0.29) is 18.0 Å². The van der Waals surface area contributed by atoms with Gasteiger partial charge < -0.3 is 9.64 Å². The lowest BCUT2D eigenvalue weighted by molar-refractivity contribution is -0.147. The molecule has 0 bridgehead atoms. The number of ether oxygens (including phenoxy) is 1. The van der Waals surface area contributed by atoms with Crippen LogP contribution in [0.2, 0.25) is 0 Å². The molecule has 2 aliphatic rings. The summed E-state index contributed by atoms with van der Waals surface area (Å²) in [5.74, 6) is 0.0863. The zero-order valence-electron chi connectivity index (χ0n) is 12.9. The molecule has 0 aromatic heterocycles. The number of hydrogen-bond donors (Lipinski definition) is 0. The van der Waals surface area contributed by atoms with E-state index in [4.69, 9.17) is 4.74 Å². The molecule has 4 nitrogen and oxygen atoms in total. The van der Waals surface area contributed by atoms with E-state index in [0.29, 0.717) is 13.0 Å². The minimum Gasteiger partial charge on any atom is -0.354 e. The topological polar surface area (TPSA) is 41.9 Å². The summed E-state index contributed by atoms with van der Waals surface area (Å²) in [6, 6.07) is 9.87. The van der Waals surface area contributed by atoms with Crippen molar-refractivity contribution in [2.24, 2.45) is 4.99 Å². The first-order valence-corrected chi connectivity index (χ1v) is 7.52. The van der Waals surface area contributed by atoms with Crippen molar-refractivity contribution in [1.82, 2.24) is 4.90 Å². The summed E-state index contributed by atoms with van der Waals surface area (Å²) in [5.41, 5.74) is 1.65. The van der Waals surface area contributed by atoms with Crippen LogP contribution in [0.25, 0.3) is 0 Å². The minimum absolute atomic E-state index is 0.0863. The van der Waals surface area contributed by atoms with Crippen molar-refractivity contribution in [3.63, 3.8) is 0 Å². The number of aliphatic imine (C=N–C) groups is 1. The number of carbonyl (C=O) groups excluding carboxylic acids is 1. The van der Waals surface area contributed by atoms with Gasteiger partial charge in [-0.15, -0.1) is 0 Å². The van der Waals surface area contributed by atoms with Gasteiger partial charge in [0.25, 0.3) is 0 Å². The highest BCUT2D eigenvalue weighted by atomic mass is 16.5. The van der Waals surface area contributed by atoms with Crippen LogP contribution in [0, 0.1) is 0 Å². The summed E-state index contributed by atoms with van der Waals surface area (Å²) < 4.78 is 5.81. The fourth-order valence-electron chi connectivity index (χ4n) is 3.33. The lowest BCUT2D eigenvalue weighted by Crippen LogP contribution is -2.51. The maximum absolute atomic E-state index is 12.9. The summed E-state index contributed by atoms with van der Waals surface area (Å²) >= 11 is 0. The molecule has 1 aromatic carbocycles. The van der Waals surface area contributed by atoms with Gasteiger partial charge in [-0.2, -0.15) is 0 Å². The van der Waals surface area contributed by atoms with Gasteiger partial charge in [0.1, 0.15) is 11.8 Å². The highest BCUT2D eigenvalue weighted by molar-refractivity contribution is 5.92. The largest absolute Gasteiger partial charge is 0.354 e. The molecular formula is C17H22N2O2. The number of amides is 1. The van der Waals surface area contributed by atoms with Crippen LogP contribution in [0.5, 0.6) is 0 Å². The molecule has 2 aliphatic heterocycles. The molecule has 1 fully saturated rings. The first-order chi connectivity index (χ1) is 9.97. The highest BCUT2D eigenvalue weighted by Crippen LogP contribution is 2.32. The molecule has 0 N–H and O–H groups in total. The summed E-state index contributed by atoms with van der Waals surface area (Å²) in [6.07, 6.45) is 1.46. The van der Waals surface area contributed by atoms with Gasteiger partial charge in [-0.1, -0.05) is 30.3 Å². The smallest absolute Gasteiger partial charge is 0.250 e. The van der Waals surface area contributed by atoms with Crippen LogP contribution >= 0.6 is 0 Å². The fraction of sp³-hybridized carbons (Fsp3) is 0.529. The van der Waals surface area contributed by atoms with Crippen molar-refractivity contribution in [3.05, 3.63) is 35.9 Å². The van der Waals surface area contributed by atoms with Gasteiger partial charge in [0.15, 0.2) is 0 Å². The minimum atomic E-state index is -0.531. The van der Waals surface area contributed by atoms with E-state index in [0.717, 1.165) is 17.7 Å². The molecule has 0 saturated carbocycles. The molecule has 0 unspecified atom stereocenters. The normalized spacial score (nSPS) is 28.0. The van der Waals surface area contributed by atoms with Gasteiger partial charge >= 0.3 is 0 Å². The quantitative estimate of drug-likeness (QED) is 0.838. The van der Waals surface area contributed by atoms with Crippen LogP contribution in [-0.4, -0.2) is 40.9 Å². The second kappa shape index (κ2) is 5.26. The van der Waals surface area contributed by atoms with E-state index >= 15 is 0 Å². The fourth-order valence-corrected chi connectivity index (χ4v) is 3.33. The van der Waals surface area contributed by atoms with Gasteiger partial charge in [0.2, 0.25) is 5.91 Å². The molecule has 0 radical (unpaired) electrons. The molecule has 0 aliphatic carbocycles. The Morgan fingerprint density at radius 3 is 2.76 bits per heavy atom. The monoisotopic (exact) mass is 286 g/mol. The van der Waals surface area contributed by atoms with Crippen LogP contribution in [0.15, 0.2) is 35.3 Å². The Bertz CT molecular complexity index is 565. The molecule has 4 heteroatoms. The van der Waals surface area contributed by atoms with Gasteiger partial charge in [0.05, 0.1) is 12.6 Å². The first kappa shape index (κ1) is 14.3. The van der Waals surface area contributed by atoms with E-state index in [1.54, 1.807) is 0 Å². The van der Waals surface area contributed by atoms with Crippen molar-refractivity contribution in [2.75, 3.05) is 6.61 Å². The lowest BCUT2D eigenvalue weighted by Gasteiger charge is -2.34. The SMILES string of the molecule is CC1=N[C@H](Cc2ccccc2)C(=O)N2[C@H](COC2(C)C)C1. The van der Waals surface area contributed by atoms with Crippen molar-refractivity contribution in [2.45, 2.75) is 51.4 Å². The Balaban J connectivity index is 1.89. The van der Waals surface area contributed by atoms with Gasteiger partial charge in [-0.3, -0.25) is 9.79 Å². The first-order valence-electron chi connectivity index (χ1n) is 7.52. The molecule has 1 amide bonds. The Morgan fingerprint density at radius 2 is 2.05 bits per heavy atom. The highest BCUT2D eigenvalue weighted by Gasteiger charge is 2.46. The molecule has 2 heterocycles.